The molecule has 0 amide bonds. The normalized spacial score (nSPS) is 10.0. The molecule has 0 aliphatic carbocycles. The molecule has 0 saturated carbocycles. The lowest BCUT2D eigenvalue weighted by Crippen LogP contribution is -2.15. The molecule has 0 saturated heterocycles. The van der Waals surface area contributed by atoms with Gasteiger partial charge in [0.15, 0.2) is 0 Å². The van der Waals surface area contributed by atoms with Gasteiger partial charge in [0.25, 0.3) is 0 Å². The first kappa shape index (κ1) is 11.4. The Hall–Kier alpha value is -1.65. The van der Waals surface area contributed by atoms with Crippen molar-refractivity contribution in [2.75, 3.05) is 6.61 Å². The average molecular weight is 208 g/mol. The van der Waals surface area contributed by atoms with Crippen LogP contribution < -0.4 is 10.5 Å². The molecule has 0 fully saturated rings. The smallest absolute Gasteiger partial charge is 0.316 e. The van der Waals surface area contributed by atoms with Crippen LogP contribution in [0.2, 0.25) is 0 Å². The van der Waals surface area contributed by atoms with E-state index < -0.39 is 0 Å². The summed E-state index contributed by atoms with van der Waals surface area (Å²) in [6, 6.07) is 0.390. The Labute approximate surface area is 89.2 Å². The summed E-state index contributed by atoms with van der Waals surface area (Å²) in [6.45, 7) is 4.44. The van der Waals surface area contributed by atoms with E-state index in [1.54, 1.807) is 6.20 Å². The Balaban J connectivity index is 2.92. The molecule has 0 spiro atoms. The van der Waals surface area contributed by atoms with Gasteiger partial charge in [-0.1, -0.05) is 6.92 Å². The summed E-state index contributed by atoms with van der Waals surface area (Å²) in [5, 5.41) is 7.23. The highest BCUT2D eigenvalue weighted by Crippen LogP contribution is 2.11. The topological polar surface area (TPSA) is 84.9 Å². The summed E-state index contributed by atoms with van der Waals surface area (Å²) in [6.07, 6.45) is 2.86. The van der Waals surface area contributed by atoms with Gasteiger partial charge in [-0.25, -0.2) is 4.98 Å². The highest BCUT2D eigenvalue weighted by Gasteiger charge is 2.07. The van der Waals surface area contributed by atoms with E-state index >= 15 is 0 Å². The predicted molar refractivity (Wildman–Crippen MR) is 58.2 cm³/mol. The quantitative estimate of drug-likeness (QED) is 0.556. The lowest BCUT2D eigenvalue weighted by atomic mass is 10.1. The van der Waals surface area contributed by atoms with Crippen LogP contribution in [0.15, 0.2) is 6.20 Å². The Kier molecular flexibility index (Phi) is 4.03. The molecule has 1 aromatic heterocycles. The van der Waals surface area contributed by atoms with Crippen LogP contribution in [-0.4, -0.2) is 22.4 Å². The highest BCUT2D eigenvalue weighted by atomic mass is 16.5. The van der Waals surface area contributed by atoms with Gasteiger partial charge >= 0.3 is 6.01 Å². The van der Waals surface area contributed by atoms with Gasteiger partial charge in [-0.05, 0) is 18.9 Å². The monoisotopic (exact) mass is 208 g/mol. The van der Waals surface area contributed by atoms with Crippen LogP contribution in [0.5, 0.6) is 6.01 Å². The lowest BCUT2D eigenvalue weighted by molar-refractivity contribution is 0.311. The first-order chi connectivity index (χ1) is 7.17. The number of amidine groups is 1. The number of aryl methyl sites for hydroxylation is 1. The van der Waals surface area contributed by atoms with Crippen molar-refractivity contribution >= 4 is 5.84 Å². The first-order valence-electron chi connectivity index (χ1n) is 4.97. The Bertz CT molecular complexity index is 351. The van der Waals surface area contributed by atoms with Crippen molar-refractivity contribution in [2.45, 2.75) is 26.7 Å². The second-order valence-corrected chi connectivity index (χ2v) is 3.11. The van der Waals surface area contributed by atoms with E-state index in [1.807, 2.05) is 13.8 Å². The van der Waals surface area contributed by atoms with Crippen molar-refractivity contribution in [3.63, 3.8) is 0 Å². The molecule has 82 valence electrons. The predicted octanol–water partition coefficient (Wildman–Crippen LogP) is 0.916. The van der Waals surface area contributed by atoms with Crippen molar-refractivity contribution in [3.05, 3.63) is 17.5 Å². The Morgan fingerprint density at radius 1 is 1.53 bits per heavy atom. The molecule has 5 heteroatoms. The van der Waals surface area contributed by atoms with Crippen LogP contribution >= 0.6 is 0 Å². The van der Waals surface area contributed by atoms with Crippen molar-refractivity contribution in [3.8, 4) is 6.01 Å². The standard InChI is InChI=1S/C10H16N4O/c1-3-8-7(5-9(11)12)6-13-10(14-8)15-4-2/h6H,3-5H2,1-2H3,(H3,11,12). The number of rotatable bonds is 5. The molecule has 5 nitrogen and oxygen atoms in total. The minimum Gasteiger partial charge on any atom is -0.464 e. The summed E-state index contributed by atoms with van der Waals surface area (Å²) in [5.41, 5.74) is 7.13. The molecule has 0 aliphatic rings. The zero-order chi connectivity index (χ0) is 11.3. The van der Waals surface area contributed by atoms with Crippen molar-refractivity contribution in [2.24, 2.45) is 5.73 Å². The number of hydrogen-bond acceptors (Lipinski definition) is 4. The average Bonchev–Trinajstić information content (AvgIpc) is 2.20. The Morgan fingerprint density at radius 2 is 2.27 bits per heavy atom. The van der Waals surface area contributed by atoms with E-state index in [-0.39, 0.29) is 5.84 Å². The molecule has 15 heavy (non-hydrogen) atoms. The molecular formula is C10H16N4O. The minimum absolute atomic E-state index is 0.123. The second kappa shape index (κ2) is 5.29. The van der Waals surface area contributed by atoms with E-state index in [0.29, 0.717) is 19.0 Å². The molecule has 0 bridgehead atoms. The van der Waals surface area contributed by atoms with E-state index in [1.165, 1.54) is 0 Å². The van der Waals surface area contributed by atoms with Crippen LogP contribution in [0.4, 0.5) is 0 Å². The maximum Gasteiger partial charge on any atom is 0.316 e. The van der Waals surface area contributed by atoms with Crippen LogP contribution in [0.3, 0.4) is 0 Å². The summed E-state index contributed by atoms with van der Waals surface area (Å²) in [4.78, 5) is 8.29. The number of ether oxygens (including phenoxy) is 1. The van der Waals surface area contributed by atoms with E-state index in [2.05, 4.69) is 9.97 Å². The summed E-state index contributed by atoms with van der Waals surface area (Å²) < 4.78 is 5.20. The minimum atomic E-state index is 0.123. The molecule has 0 unspecified atom stereocenters. The van der Waals surface area contributed by atoms with Gasteiger partial charge in [-0.3, -0.25) is 5.41 Å². The fraction of sp³-hybridized carbons (Fsp3) is 0.500. The maximum atomic E-state index is 7.23. The summed E-state index contributed by atoms with van der Waals surface area (Å²) in [7, 11) is 0. The van der Waals surface area contributed by atoms with Crippen LogP contribution in [0.25, 0.3) is 0 Å². The van der Waals surface area contributed by atoms with Gasteiger partial charge in [0.05, 0.1) is 18.1 Å². The molecule has 0 aromatic carbocycles. The van der Waals surface area contributed by atoms with Crippen molar-refractivity contribution < 1.29 is 4.74 Å². The van der Waals surface area contributed by atoms with E-state index in [0.717, 1.165) is 17.7 Å². The third-order valence-corrected chi connectivity index (χ3v) is 1.92. The molecule has 1 aromatic rings. The zero-order valence-electron chi connectivity index (χ0n) is 9.08. The van der Waals surface area contributed by atoms with Crippen molar-refractivity contribution in [1.29, 1.82) is 5.41 Å². The molecule has 3 N–H and O–H groups in total. The Morgan fingerprint density at radius 3 is 2.80 bits per heavy atom. The van der Waals surface area contributed by atoms with Crippen molar-refractivity contribution in [1.82, 2.24) is 9.97 Å². The molecule has 1 rings (SSSR count). The SMILES string of the molecule is CCOc1ncc(CC(=N)N)c(CC)n1. The summed E-state index contributed by atoms with van der Waals surface area (Å²) in [5.74, 6) is 0.123. The number of nitrogens with two attached hydrogens (primary N) is 1. The van der Waals surface area contributed by atoms with Gasteiger partial charge in [0.1, 0.15) is 0 Å². The highest BCUT2D eigenvalue weighted by molar-refractivity contribution is 5.79. The van der Waals surface area contributed by atoms with Gasteiger partial charge in [-0.15, -0.1) is 0 Å². The number of nitrogens with zero attached hydrogens (tertiary/aromatic N) is 2. The zero-order valence-corrected chi connectivity index (χ0v) is 9.08. The molecule has 0 aliphatic heterocycles. The number of hydrogen-bond donors (Lipinski definition) is 2. The summed E-state index contributed by atoms with van der Waals surface area (Å²) >= 11 is 0. The fourth-order valence-corrected chi connectivity index (χ4v) is 1.28. The van der Waals surface area contributed by atoms with Crippen LogP contribution in [0, 0.1) is 5.41 Å². The largest absolute Gasteiger partial charge is 0.464 e. The molecule has 0 radical (unpaired) electrons. The fourth-order valence-electron chi connectivity index (χ4n) is 1.28. The number of aromatic nitrogens is 2. The van der Waals surface area contributed by atoms with Gasteiger partial charge in [0, 0.05) is 12.6 Å². The van der Waals surface area contributed by atoms with Gasteiger partial charge < -0.3 is 10.5 Å². The number of nitrogens with one attached hydrogen (secondary N) is 1. The third kappa shape index (κ3) is 3.19. The lowest BCUT2D eigenvalue weighted by Gasteiger charge is -2.07. The maximum absolute atomic E-state index is 7.23. The molecule has 0 atom stereocenters. The molecule has 1 heterocycles. The second-order valence-electron chi connectivity index (χ2n) is 3.11. The van der Waals surface area contributed by atoms with E-state index in [4.69, 9.17) is 15.9 Å². The molecular weight excluding hydrogens is 192 g/mol. The van der Waals surface area contributed by atoms with E-state index in [9.17, 15) is 0 Å². The first-order valence-corrected chi connectivity index (χ1v) is 4.97. The van der Waals surface area contributed by atoms with Gasteiger partial charge in [-0.2, -0.15) is 4.98 Å². The third-order valence-electron chi connectivity index (χ3n) is 1.92. The van der Waals surface area contributed by atoms with Crippen LogP contribution in [-0.2, 0) is 12.8 Å². The van der Waals surface area contributed by atoms with Gasteiger partial charge in [0.2, 0.25) is 0 Å². The van der Waals surface area contributed by atoms with Crippen LogP contribution in [0.1, 0.15) is 25.1 Å².